The Balaban J connectivity index is 1.84. The van der Waals surface area contributed by atoms with Crippen molar-refractivity contribution in [2.75, 3.05) is 31.3 Å². The number of anilines is 1. The molecule has 0 unspecified atom stereocenters. The molecule has 0 fully saturated rings. The molecule has 156 valence electrons. The second kappa shape index (κ2) is 8.83. The van der Waals surface area contributed by atoms with Gasteiger partial charge in [-0.05, 0) is 50.2 Å². The van der Waals surface area contributed by atoms with Crippen LogP contribution >= 0.6 is 22.9 Å². The van der Waals surface area contributed by atoms with Gasteiger partial charge in [0, 0.05) is 23.0 Å². The highest BCUT2D eigenvalue weighted by atomic mass is 35.5. The molecule has 0 radical (unpaired) electrons. The summed E-state index contributed by atoms with van der Waals surface area (Å²) in [5.74, 6) is -1.96. The molecular formula is C19H21ClN2O5S2. The first-order valence-electron chi connectivity index (χ1n) is 8.99. The Kier molecular flexibility index (Phi) is 6.62. The number of halogens is 1. The molecule has 0 atom stereocenters. The summed E-state index contributed by atoms with van der Waals surface area (Å²) in [7, 11) is -1.87. The van der Waals surface area contributed by atoms with Gasteiger partial charge >= 0.3 is 5.97 Å². The van der Waals surface area contributed by atoms with E-state index >= 15 is 0 Å². The van der Waals surface area contributed by atoms with Crippen molar-refractivity contribution in [1.82, 2.24) is 4.90 Å². The molecular weight excluding hydrogens is 436 g/mol. The van der Waals surface area contributed by atoms with Crippen molar-refractivity contribution < 1.29 is 22.7 Å². The number of likely N-dealkylation sites (N-methyl/N-ethyl adjacent to an activating group) is 1. The van der Waals surface area contributed by atoms with Crippen molar-refractivity contribution >= 4 is 49.7 Å². The minimum atomic E-state index is -3.84. The Labute approximate surface area is 178 Å². The molecule has 0 saturated carbocycles. The van der Waals surface area contributed by atoms with Gasteiger partial charge in [-0.3, -0.25) is 4.79 Å². The molecule has 0 aliphatic carbocycles. The van der Waals surface area contributed by atoms with E-state index in [1.807, 2.05) is 7.05 Å². The second-order valence-electron chi connectivity index (χ2n) is 6.68. The Hall–Kier alpha value is -1.94. The van der Waals surface area contributed by atoms with Gasteiger partial charge in [-0.15, -0.1) is 11.3 Å². The molecule has 1 N–H and O–H groups in total. The van der Waals surface area contributed by atoms with Crippen molar-refractivity contribution in [3.8, 4) is 0 Å². The molecule has 29 heavy (non-hydrogen) atoms. The number of hydrogen-bond acceptors (Lipinski definition) is 7. The summed E-state index contributed by atoms with van der Waals surface area (Å²) in [6.45, 7) is 3.36. The minimum Gasteiger partial charge on any atom is -0.462 e. The smallest absolute Gasteiger partial charge is 0.341 e. The van der Waals surface area contributed by atoms with Crippen molar-refractivity contribution in [1.29, 1.82) is 0 Å². The lowest BCUT2D eigenvalue weighted by Gasteiger charge is -2.22. The van der Waals surface area contributed by atoms with Gasteiger partial charge in [-0.1, -0.05) is 11.6 Å². The van der Waals surface area contributed by atoms with E-state index in [1.165, 1.54) is 35.6 Å². The van der Waals surface area contributed by atoms with Crippen LogP contribution in [0.25, 0.3) is 0 Å². The van der Waals surface area contributed by atoms with Crippen LogP contribution in [0.3, 0.4) is 0 Å². The third-order valence-electron chi connectivity index (χ3n) is 4.47. The molecule has 10 heteroatoms. The van der Waals surface area contributed by atoms with Crippen molar-refractivity contribution in [2.45, 2.75) is 24.8 Å². The summed E-state index contributed by atoms with van der Waals surface area (Å²) in [6, 6.07) is 5.62. The second-order valence-corrected chi connectivity index (χ2v) is 10.2. The van der Waals surface area contributed by atoms with E-state index in [9.17, 15) is 18.0 Å². The average molecular weight is 457 g/mol. The number of nitrogens with zero attached hydrogens (tertiary/aromatic N) is 1. The number of hydrogen-bond donors (Lipinski definition) is 1. The highest BCUT2D eigenvalue weighted by Crippen LogP contribution is 2.37. The molecule has 1 aliphatic rings. The predicted molar refractivity (Wildman–Crippen MR) is 112 cm³/mol. The van der Waals surface area contributed by atoms with Crippen molar-refractivity contribution in [3.05, 3.63) is 45.3 Å². The van der Waals surface area contributed by atoms with Gasteiger partial charge in [0.1, 0.15) is 10.8 Å². The van der Waals surface area contributed by atoms with Crippen molar-refractivity contribution in [3.63, 3.8) is 0 Å². The fraction of sp³-hybridized carbons (Fsp3) is 0.368. The molecule has 1 amide bonds. The van der Waals surface area contributed by atoms with Gasteiger partial charge in [0.05, 0.1) is 17.1 Å². The molecule has 0 bridgehead atoms. The number of benzene rings is 1. The van der Waals surface area contributed by atoms with Crippen LogP contribution in [0.1, 0.15) is 27.7 Å². The molecule has 1 aliphatic heterocycles. The Morgan fingerprint density at radius 1 is 1.28 bits per heavy atom. The third-order valence-corrected chi connectivity index (χ3v) is 7.49. The number of thiophene rings is 1. The normalized spacial score (nSPS) is 14.3. The fourth-order valence-corrected chi connectivity index (χ4v) is 5.69. The maximum absolute atomic E-state index is 12.5. The van der Waals surface area contributed by atoms with Crippen LogP contribution in [0, 0.1) is 0 Å². The highest BCUT2D eigenvalue weighted by molar-refractivity contribution is 7.92. The first-order chi connectivity index (χ1) is 13.7. The Bertz CT molecular complexity index is 1030. The number of fused-ring (bicyclic) bond motifs is 1. The van der Waals surface area contributed by atoms with E-state index in [2.05, 4.69) is 10.2 Å². The SMILES string of the molecule is CCOC(=O)c1c(NC(=O)CS(=O)(=O)c2ccc(Cl)cc2)sc2c1CCN(C)C2. The minimum absolute atomic E-state index is 0.00904. The highest BCUT2D eigenvalue weighted by Gasteiger charge is 2.29. The molecule has 0 spiro atoms. The molecule has 1 aromatic heterocycles. The van der Waals surface area contributed by atoms with Crippen LogP contribution in [-0.4, -0.2) is 51.1 Å². The van der Waals surface area contributed by atoms with E-state index < -0.39 is 27.5 Å². The van der Waals surface area contributed by atoms with Gasteiger partial charge in [0.15, 0.2) is 9.84 Å². The maximum Gasteiger partial charge on any atom is 0.341 e. The number of nitrogens with one attached hydrogen (secondary N) is 1. The lowest BCUT2D eigenvalue weighted by atomic mass is 10.0. The van der Waals surface area contributed by atoms with Crippen LogP contribution < -0.4 is 5.32 Å². The summed E-state index contributed by atoms with van der Waals surface area (Å²) in [5, 5.41) is 3.35. The largest absolute Gasteiger partial charge is 0.462 e. The van der Waals surface area contributed by atoms with E-state index in [0.29, 0.717) is 28.6 Å². The number of ether oxygens (including phenoxy) is 1. The van der Waals surface area contributed by atoms with E-state index in [4.69, 9.17) is 16.3 Å². The van der Waals surface area contributed by atoms with E-state index in [1.54, 1.807) is 6.92 Å². The lowest BCUT2D eigenvalue weighted by molar-refractivity contribution is -0.113. The first kappa shape index (κ1) is 21.8. The molecule has 0 saturated heterocycles. The zero-order valence-electron chi connectivity index (χ0n) is 16.0. The van der Waals surface area contributed by atoms with Crippen LogP contribution in [0.2, 0.25) is 5.02 Å². The van der Waals surface area contributed by atoms with Gasteiger partial charge in [0.2, 0.25) is 5.91 Å². The lowest BCUT2D eigenvalue weighted by Crippen LogP contribution is -2.26. The van der Waals surface area contributed by atoms with Gasteiger partial charge in [-0.25, -0.2) is 13.2 Å². The van der Waals surface area contributed by atoms with Gasteiger partial charge < -0.3 is 15.0 Å². The van der Waals surface area contributed by atoms with Crippen LogP contribution in [0.4, 0.5) is 5.00 Å². The molecule has 3 rings (SSSR count). The maximum atomic E-state index is 12.5. The van der Waals surface area contributed by atoms with Gasteiger partial charge in [-0.2, -0.15) is 0 Å². The monoisotopic (exact) mass is 456 g/mol. The predicted octanol–water partition coefficient (Wildman–Crippen LogP) is 2.98. The number of sulfone groups is 1. The molecule has 2 aromatic rings. The van der Waals surface area contributed by atoms with E-state index in [0.717, 1.165) is 17.0 Å². The summed E-state index contributed by atoms with van der Waals surface area (Å²) in [6.07, 6.45) is 0.662. The van der Waals surface area contributed by atoms with Crippen LogP contribution in [-0.2, 0) is 32.3 Å². The van der Waals surface area contributed by atoms with Crippen molar-refractivity contribution in [2.24, 2.45) is 0 Å². The molecule has 2 heterocycles. The van der Waals surface area contributed by atoms with Crippen LogP contribution in [0.15, 0.2) is 29.2 Å². The molecule has 7 nitrogen and oxygen atoms in total. The number of carbonyl (C=O) groups is 2. The standard InChI is InChI=1S/C19H21ClN2O5S2/c1-3-27-19(24)17-14-8-9-22(2)10-15(14)28-18(17)21-16(23)11-29(25,26)13-6-4-12(20)5-7-13/h4-7H,3,8-11H2,1-2H3,(H,21,23). The molecule has 1 aromatic carbocycles. The number of carbonyl (C=O) groups excluding carboxylic acids is 2. The zero-order chi connectivity index (χ0) is 21.2. The summed E-state index contributed by atoms with van der Waals surface area (Å²) >= 11 is 7.07. The van der Waals surface area contributed by atoms with E-state index in [-0.39, 0.29) is 11.5 Å². The number of rotatable bonds is 6. The number of esters is 1. The average Bonchev–Trinajstić information content (AvgIpc) is 2.98. The summed E-state index contributed by atoms with van der Waals surface area (Å²) in [5.41, 5.74) is 1.19. The quantitative estimate of drug-likeness (QED) is 0.672. The topological polar surface area (TPSA) is 92.8 Å². The first-order valence-corrected chi connectivity index (χ1v) is 11.8. The zero-order valence-corrected chi connectivity index (χ0v) is 18.4. The Morgan fingerprint density at radius 2 is 1.97 bits per heavy atom. The van der Waals surface area contributed by atoms with Crippen LogP contribution in [0.5, 0.6) is 0 Å². The Morgan fingerprint density at radius 3 is 2.62 bits per heavy atom. The summed E-state index contributed by atoms with van der Waals surface area (Å²) in [4.78, 5) is 28.1. The third kappa shape index (κ3) is 4.98. The van der Waals surface area contributed by atoms with Gasteiger partial charge in [0.25, 0.3) is 0 Å². The number of amides is 1. The fourth-order valence-electron chi connectivity index (χ4n) is 3.10. The summed E-state index contributed by atoms with van der Waals surface area (Å²) < 4.78 is 30.2.